The van der Waals surface area contributed by atoms with Gasteiger partial charge in [0.15, 0.2) is 0 Å². The van der Waals surface area contributed by atoms with E-state index >= 15 is 0 Å². The average Bonchev–Trinajstić information content (AvgIpc) is 3.06. The van der Waals surface area contributed by atoms with Gasteiger partial charge in [-0.05, 0) is 55.2 Å². The van der Waals surface area contributed by atoms with Crippen LogP contribution in [0.25, 0.3) is 0 Å². The summed E-state index contributed by atoms with van der Waals surface area (Å²) in [5.74, 6) is 2.11. The number of carbonyl (C=O) groups excluding carboxylic acids is 2. The molecule has 0 saturated carbocycles. The molecule has 8 nitrogen and oxygen atoms in total. The lowest BCUT2D eigenvalue weighted by molar-refractivity contribution is -0.130. The summed E-state index contributed by atoms with van der Waals surface area (Å²) in [5, 5.41) is 4.84. The first-order chi connectivity index (χ1) is 17.0. The van der Waals surface area contributed by atoms with Gasteiger partial charge >= 0.3 is 6.03 Å². The smallest absolute Gasteiger partial charge is 0.325 e. The van der Waals surface area contributed by atoms with Crippen molar-refractivity contribution in [2.24, 2.45) is 0 Å². The van der Waals surface area contributed by atoms with E-state index in [2.05, 4.69) is 11.4 Å². The molecule has 0 unspecified atom stereocenters. The van der Waals surface area contributed by atoms with Gasteiger partial charge in [0.2, 0.25) is 5.91 Å². The maximum absolute atomic E-state index is 13.7. The zero-order valence-electron chi connectivity index (χ0n) is 21.1. The lowest BCUT2D eigenvalue weighted by atomic mass is 9.82. The highest BCUT2D eigenvalue weighted by molar-refractivity contribution is 8.02. The second kappa shape index (κ2) is 10.8. The second-order valence-electron chi connectivity index (χ2n) is 9.02. The van der Waals surface area contributed by atoms with E-state index in [0.717, 1.165) is 54.0 Å². The van der Waals surface area contributed by atoms with Crippen LogP contribution >= 0.6 is 11.8 Å². The number of allylic oxidation sites excluding steroid dienone is 1. The number of nitrogens with one attached hydrogen (secondary N) is 1. The number of amides is 3. The number of fused-ring (bicyclic) bond motifs is 3. The molecule has 2 saturated heterocycles. The lowest BCUT2D eigenvalue weighted by Crippen LogP contribution is -2.54. The summed E-state index contributed by atoms with van der Waals surface area (Å²) in [7, 11) is 5.16. The first kappa shape index (κ1) is 25.3. The molecule has 0 radical (unpaired) electrons. The van der Waals surface area contributed by atoms with E-state index in [1.165, 1.54) is 11.8 Å². The van der Waals surface area contributed by atoms with Crippen molar-refractivity contribution < 1.29 is 19.1 Å². The molecule has 35 heavy (non-hydrogen) atoms. The summed E-state index contributed by atoms with van der Waals surface area (Å²) in [6.45, 7) is 4.48. The highest BCUT2D eigenvalue weighted by atomic mass is 32.2. The molecule has 190 valence electrons. The van der Waals surface area contributed by atoms with Crippen LogP contribution in [0, 0.1) is 0 Å². The summed E-state index contributed by atoms with van der Waals surface area (Å²) in [6.07, 6.45) is 7.25. The fourth-order valence-electron chi connectivity index (χ4n) is 5.61. The van der Waals surface area contributed by atoms with Gasteiger partial charge in [-0.1, -0.05) is 6.08 Å². The summed E-state index contributed by atoms with van der Waals surface area (Å²) >= 11 is 1.49. The zero-order valence-corrected chi connectivity index (χ0v) is 22.0. The topological polar surface area (TPSA) is 74.4 Å². The Labute approximate surface area is 212 Å². The molecule has 0 atom stereocenters. The van der Waals surface area contributed by atoms with Crippen LogP contribution in [-0.4, -0.2) is 78.8 Å². The molecule has 0 aliphatic carbocycles. The van der Waals surface area contributed by atoms with Crippen molar-refractivity contribution in [3.8, 4) is 11.5 Å². The first-order valence-corrected chi connectivity index (χ1v) is 13.3. The molecule has 0 aromatic heterocycles. The minimum absolute atomic E-state index is 0.0425. The van der Waals surface area contributed by atoms with E-state index in [1.54, 1.807) is 14.2 Å². The Bertz CT molecular complexity index is 1020. The maximum atomic E-state index is 13.7. The van der Waals surface area contributed by atoms with Gasteiger partial charge in [0, 0.05) is 44.6 Å². The third-order valence-electron chi connectivity index (χ3n) is 7.33. The van der Waals surface area contributed by atoms with Crippen molar-refractivity contribution in [2.45, 2.75) is 44.7 Å². The van der Waals surface area contributed by atoms with Gasteiger partial charge in [0.05, 0.1) is 32.1 Å². The average molecular weight is 501 g/mol. The van der Waals surface area contributed by atoms with Gasteiger partial charge in [0.25, 0.3) is 0 Å². The monoisotopic (exact) mass is 500 g/mol. The third kappa shape index (κ3) is 4.70. The number of piperidine rings is 1. The van der Waals surface area contributed by atoms with Crippen molar-refractivity contribution in [1.29, 1.82) is 0 Å². The third-order valence-corrected chi connectivity index (χ3v) is 8.08. The van der Waals surface area contributed by atoms with Crippen molar-refractivity contribution in [2.75, 3.05) is 46.7 Å². The minimum Gasteiger partial charge on any atom is -0.497 e. The molecule has 4 rings (SSSR count). The number of benzene rings is 1. The van der Waals surface area contributed by atoms with Crippen LogP contribution in [0.1, 0.15) is 37.3 Å². The molecule has 0 bridgehead atoms. The highest BCUT2D eigenvalue weighted by Gasteiger charge is 2.54. The number of likely N-dealkylation sites (tertiary alicyclic amines) is 1. The van der Waals surface area contributed by atoms with Gasteiger partial charge < -0.3 is 24.6 Å². The molecule has 1 spiro atoms. The lowest BCUT2D eigenvalue weighted by Gasteiger charge is -2.44. The summed E-state index contributed by atoms with van der Waals surface area (Å²) in [5.41, 5.74) is 2.93. The van der Waals surface area contributed by atoms with Gasteiger partial charge in [-0.25, -0.2) is 4.79 Å². The van der Waals surface area contributed by atoms with Gasteiger partial charge in [-0.15, -0.1) is 11.8 Å². The fourth-order valence-corrected chi connectivity index (χ4v) is 6.27. The Kier molecular flexibility index (Phi) is 7.84. The van der Waals surface area contributed by atoms with E-state index in [1.807, 2.05) is 52.4 Å². The molecule has 1 aromatic carbocycles. The largest absolute Gasteiger partial charge is 0.497 e. The minimum atomic E-state index is -0.359. The molecule has 1 aromatic rings. The van der Waals surface area contributed by atoms with Crippen LogP contribution in [0.4, 0.5) is 4.79 Å². The number of hydrogen-bond acceptors (Lipinski definition) is 6. The molecular formula is C26H36N4O4S. The Balaban J connectivity index is 1.58. The van der Waals surface area contributed by atoms with E-state index < -0.39 is 0 Å². The Hall–Kier alpha value is -2.81. The summed E-state index contributed by atoms with van der Waals surface area (Å²) in [6, 6.07) is 3.98. The van der Waals surface area contributed by atoms with Crippen LogP contribution in [0.15, 0.2) is 35.5 Å². The number of urea groups is 1. The molecule has 2 fully saturated rings. The molecule has 3 amide bonds. The van der Waals surface area contributed by atoms with E-state index in [9.17, 15) is 9.59 Å². The van der Waals surface area contributed by atoms with Crippen LogP contribution in [0.5, 0.6) is 11.5 Å². The molecule has 3 heterocycles. The highest BCUT2D eigenvalue weighted by Crippen LogP contribution is 2.46. The van der Waals surface area contributed by atoms with E-state index in [0.29, 0.717) is 31.9 Å². The number of methoxy groups -OCH3 is 2. The molecule has 9 heteroatoms. The Morgan fingerprint density at radius 1 is 1.23 bits per heavy atom. The zero-order chi connectivity index (χ0) is 25.0. The Morgan fingerprint density at radius 2 is 2.00 bits per heavy atom. The molecule has 1 N–H and O–H groups in total. The Morgan fingerprint density at radius 3 is 2.66 bits per heavy atom. The van der Waals surface area contributed by atoms with Gasteiger partial charge in [-0.3, -0.25) is 9.69 Å². The van der Waals surface area contributed by atoms with E-state index in [-0.39, 0.29) is 17.5 Å². The van der Waals surface area contributed by atoms with E-state index in [4.69, 9.17) is 9.47 Å². The predicted molar refractivity (Wildman–Crippen MR) is 138 cm³/mol. The van der Waals surface area contributed by atoms with Crippen LogP contribution < -0.4 is 14.8 Å². The number of thioether (sulfide) groups is 1. The van der Waals surface area contributed by atoms with Crippen molar-refractivity contribution in [3.05, 3.63) is 46.6 Å². The predicted octanol–water partition coefficient (Wildman–Crippen LogP) is 3.58. The molecule has 3 aliphatic heterocycles. The number of hydrogen-bond donors (Lipinski definition) is 1. The summed E-state index contributed by atoms with van der Waals surface area (Å²) < 4.78 is 11.2. The maximum Gasteiger partial charge on any atom is 0.325 e. The number of carbonyl (C=O) groups is 2. The van der Waals surface area contributed by atoms with Crippen molar-refractivity contribution >= 4 is 23.7 Å². The normalized spacial score (nSPS) is 20.7. The fraction of sp³-hybridized carbons (Fsp3) is 0.538. The molecular weight excluding hydrogens is 464 g/mol. The van der Waals surface area contributed by atoms with Gasteiger partial charge in [-0.2, -0.15) is 0 Å². The van der Waals surface area contributed by atoms with Crippen LogP contribution in [0.2, 0.25) is 0 Å². The molecule has 3 aliphatic rings. The first-order valence-electron chi connectivity index (χ1n) is 12.2. The summed E-state index contributed by atoms with van der Waals surface area (Å²) in [4.78, 5) is 32.3. The van der Waals surface area contributed by atoms with Crippen molar-refractivity contribution in [3.63, 3.8) is 0 Å². The van der Waals surface area contributed by atoms with Crippen molar-refractivity contribution in [1.82, 2.24) is 20.0 Å². The SMILES string of the molecule is CCN1C(=O)N2Cc3cc(OC)cc(OC)c3CC/C=C\2C12CCN(C(=O)CS/C=C\NC)CC2. The number of rotatable bonds is 7. The number of likely N-dealkylation sites (N-methyl/N-ethyl adjacent to an activating group) is 1. The van der Waals surface area contributed by atoms with Crippen LogP contribution in [-0.2, 0) is 17.8 Å². The van der Waals surface area contributed by atoms with Crippen LogP contribution in [0.3, 0.4) is 0 Å². The number of nitrogens with zero attached hydrogens (tertiary/aromatic N) is 3. The van der Waals surface area contributed by atoms with Gasteiger partial charge in [0.1, 0.15) is 11.5 Å². The number of ether oxygens (including phenoxy) is 2. The second-order valence-corrected chi connectivity index (χ2v) is 9.92. The quantitative estimate of drug-likeness (QED) is 0.617. The standard InChI is InChI=1S/C26H36N4O4S/c1-5-30-25(32)29-17-19-15-20(33-3)16-22(34-4)21(19)7-6-8-23(29)26(30)9-12-28(13-10-26)24(31)18-35-14-11-27-2/h8,11,14-16,27H,5-7,9-10,12-13,17-18H2,1-4H3/b14-11-,23-8-.